The van der Waals surface area contributed by atoms with Crippen LogP contribution in [0.25, 0.3) is 0 Å². The van der Waals surface area contributed by atoms with Gasteiger partial charge in [0.15, 0.2) is 0 Å². The molecule has 0 radical (unpaired) electrons. The molecule has 168 valence electrons. The van der Waals surface area contributed by atoms with Crippen LogP contribution in [0.3, 0.4) is 0 Å². The number of carbonyl (C=O) groups excluding carboxylic acids is 1. The van der Waals surface area contributed by atoms with Crippen LogP contribution in [0.1, 0.15) is 36.7 Å². The molecule has 1 saturated heterocycles. The number of hydrogen-bond donors (Lipinski definition) is 1. The molecule has 6 heteroatoms. The molecule has 1 aliphatic heterocycles. The van der Waals surface area contributed by atoms with Crippen LogP contribution in [0.15, 0.2) is 48.5 Å². The van der Waals surface area contributed by atoms with Crippen LogP contribution in [0.2, 0.25) is 0 Å². The number of nitrogens with zero attached hydrogens (tertiary/aromatic N) is 3. The molecule has 2 aromatic rings. The Labute approximate surface area is 185 Å². The van der Waals surface area contributed by atoms with Gasteiger partial charge in [0, 0.05) is 63.1 Å². The third kappa shape index (κ3) is 6.77. The number of carbonyl (C=O) groups is 1. The standard InChI is InChI=1S/C25H35FN4O/c1-4-29(20(2)3)19-21-5-7-22(8-6-21)25(31)27-13-14-28-15-17-30(18-16-28)24-11-9-23(26)10-12-24/h5-12,20H,4,13-19H2,1-3H3,(H,27,31). The zero-order chi connectivity index (χ0) is 22.2. The summed E-state index contributed by atoms with van der Waals surface area (Å²) in [4.78, 5) is 19.5. The normalized spacial score (nSPS) is 15.0. The molecule has 0 unspecified atom stereocenters. The van der Waals surface area contributed by atoms with Crippen molar-refractivity contribution in [3.05, 3.63) is 65.5 Å². The Morgan fingerprint density at radius 2 is 1.68 bits per heavy atom. The van der Waals surface area contributed by atoms with Crippen molar-refractivity contribution in [2.45, 2.75) is 33.4 Å². The molecule has 3 rings (SSSR count). The smallest absolute Gasteiger partial charge is 0.251 e. The average molecular weight is 427 g/mol. The average Bonchev–Trinajstić information content (AvgIpc) is 2.78. The molecule has 0 saturated carbocycles. The van der Waals surface area contributed by atoms with Crippen LogP contribution < -0.4 is 10.2 Å². The van der Waals surface area contributed by atoms with Gasteiger partial charge in [0.25, 0.3) is 5.91 Å². The first-order chi connectivity index (χ1) is 15.0. The summed E-state index contributed by atoms with van der Waals surface area (Å²) in [7, 11) is 0. The molecule has 1 fully saturated rings. The molecule has 31 heavy (non-hydrogen) atoms. The van der Waals surface area contributed by atoms with E-state index >= 15 is 0 Å². The van der Waals surface area contributed by atoms with E-state index in [-0.39, 0.29) is 11.7 Å². The minimum Gasteiger partial charge on any atom is -0.369 e. The highest BCUT2D eigenvalue weighted by Gasteiger charge is 2.17. The second-order valence-electron chi connectivity index (χ2n) is 8.41. The molecular weight excluding hydrogens is 391 g/mol. The molecule has 0 atom stereocenters. The fraction of sp³-hybridized carbons (Fsp3) is 0.480. The predicted octanol–water partition coefficient (Wildman–Crippen LogP) is 3.61. The van der Waals surface area contributed by atoms with E-state index in [2.05, 4.69) is 52.9 Å². The van der Waals surface area contributed by atoms with Gasteiger partial charge in [0.2, 0.25) is 0 Å². The third-order valence-electron chi connectivity index (χ3n) is 6.02. The summed E-state index contributed by atoms with van der Waals surface area (Å²) in [5.74, 6) is -0.223. The quantitative estimate of drug-likeness (QED) is 0.665. The summed E-state index contributed by atoms with van der Waals surface area (Å²) >= 11 is 0. The number of rotatable bonds is 9. The summed E-state index contributed by atoms with van der Waals surface area (Å²) in [5.41, 5.74) is 3.00. The summed E-state index contributed by atoms with van der Waals surface area (Å²) in [5, 5.41) is 3.04. The van der Waals surface area contributed by atoms with Crippen LogP contribution >= 0.6 is 0 Å². The fourth-order valence-electron chi connectivity index (χ4n) is 3.97. The molecule has 1 N–H and O–H groups in total. The lowest BCUT2D eigenvalue weighted by molar-refractivity contribution is 0.0947. The number of halogens is 1. The van der Waals surface area contributed by atoms with Crippen LogP contribution in [0, 0.1) is 5.82 Å². The Balaban J connectivity index is 1.39. The number of hydrogen-bond acceptors (Lipinski definition) is 4. The van der Waals surface area contributed by atoms with Gasteiger partial charge in [-0.3, -0.25) is 14.6 Å². The Bertz CT molecular complexity index is 814. The fourth-order valence-corrected chi connectivity index (χ4v) is 3.97. The predicted molar refractivity (Wildman–Crippen MR) is 125 cm³/mol. The van der Waals surface area contributed by atoms with Crippen molar-refractivity contribution in [3.63, 3.8) is 0 Å². The second kappa shape index (κ2) is 11.3. The molecule has 5 nitrogen and oxygen atoms in total. The van der Waals surface area contributed by atoms with E-state index < -0.39 is 0 Å². The van der Waals surface area contributed by atoms with Gasteiger partial charge in [-0.15, -0.1) is 0 Å². The van der Waals surface area contributed by atoms with Crippen molar-refractivity contribution < 1.29 is 9.18 Å². The maximum absolute atomic E-state index is 13.1. The van der Waals surface area contributed by atoms with Gasteiger partial charge in [-0.05, 0) is 62.4 Å². The highest BCUT2D eigenvalue weighted by atomic mass is 19.1. The monoisotopic (exact) mass is 426 g/mol. The molecule has 0 aromatic heterocycles. The number of anilines is 1. The lowest BCUT2D eigenvalue weighted by Crippen LogP contribution is -2.48. The van der Waals surface area contributed by atoms with Gasteiger partial charge >= 0.3 is 0 Å². The van der Waals surface area contributed by atoms with Crippen molar-refractivity contribution in [2.24, 2.45) is 0 Å². The number of benzene rings is 2. The SMILES string of the molecule is CCN(Cc1ccc(C(=O)NCCN2CCN(c3ccc(F)cc3)CC2)cc1)C(C)C. The Morgan fingerprint density at radius 1 is 1.03 bits per heavy atom. The minimum atomic E-state index is -0.203. The minimum absolute atomic E-state index is 0.0206. The molecule has 0 aliphatic carbocycles. The number of piperazine rings is 1. The van der Waals surface area contributed by atoms with Crippen LogP contribution in [0.5, 0.6) is 0 Å². The van der Waals surface area contributed by atoms with Crippen molar-refractivity contribution >= 4 is 11.6 Å². The molecule has 1 heterocycles. The van der Waals surface area contributed by atoms with Crippen molar-refractivity contribution in [1.82, 2.24) is 15.1 Å². The lowest BCUT2D eigenvalue weighted by atomic mass is 10.1. The summed E-state index contributed by atoms with van der Waals surface area (Å²) in [6.07, 6.45) is 0. The highest BCUT2D eigenvalue weighted by Crippen LogP contribution is 2.16. The van der Waals surface area contributed by atoms with Crippen molar-refractivity contribution in [3.8, 4) is 0 Å². The molecular formula is C25H35FN4O. The van der Waals surface area contributed by atoms with Crippen LogP contribution in [-0.2, 0) is 6.54 Å². The molecule has 0 bridgehead atoms. The third-order valence-corrected chi connectivity index (χ3v) is 6.02. The molecule has 0 spiro atoms. The van der Waals surface area contributed by atoms with Gasteiger partial charge in [-0.1, -0.05) is 19.1 Å². The zero-order valence-electron chi connectivity index (χ0n) is 19.0. The van der Waals surface area contributed by atoms with Crippen LogP contribution in [-0.4, -0.2) is 67.6 Å². The first-order valence-electron chi connectivity index (χ1n) is 11.3. The molecule has 1 aliphatic rings. The number of nitrogens with one attached hydrogen (secondary N) is 1. The van der Waals surface area contributed by atoms with E-state index in [1.165, 1.54) is 17.7 Å². The largest absolute Gasteiger partial charge is 0.369 e. The summed E-state index contributed by atoms with van der Waals surface area (Å²) in [6.45, 7) is 13.6. The van der Waals surface area contributed by atoms with Gasteiger partial charge in [-0.25, -0.2) is 4.39 Å². The molecule has 1 amide bonds. The van der Waals surface area contributed by atoms with E-state index in [1.807, 2.05) is 24.3 Å². The van der Waals surface area contributed by atoms with Gasteiger partial charge in [0.1, 0.15) is 5.82 Å². The number of amides is 1. The van der Waals surface area contributed by atoms with Gasteiger partial charge in [-0.2, -0.15) is 0 Å². The molecule has 2 aromatic carbocycles. The maximum Gasteiger partial charge on any atom is 0.251 e. The Kier molecular flexibility index (Phi) is 8.43. The van der Waals surface area contributed by atoms with E-state index in [4.69, 9.17) is 0 Å². The lowest BCUT2D eigenvalue weighted by Gasteiger charge is -2.36. The summed E-state index contributed by atoms with van der Waals surface area (Å²) in [6, 6.07) is 15.1. The zero-order valence-corrected chi connectivity index (χ0v) is 19.0. The highest BCUT2D eigenvalue weighted by molar-refractivity contribution is 5.94. The van der Waals surface area contributed by atoms with E-state index in [0.717, 1.165) is 51.5 Å². The first kappa shape index (κ1) is 23.2. The van der Waals surface area contributed by atoms with Gasteiger partial charge in [0.05, 0.1) is 0 Å². The van der Waals surface area contributed by atoms with Crippen LogP contribution in [0.4, 0.5) is 10.1 Å². The maximum atomic E-state index is 13.1. The summed E-state index contributed by atoms with van der Waals surface area (Å²) < 4.78 is 13.1. The van der Waals surface area contributed by atoms with Crippen molar-refractivity contribution in [2.75, 3.05) is 50.7 Å². The van der Waals surface area contributed by atoms with E-state index in [0.29, 0.717) is 18.2 Å². The van der Waals surface area contributed by atoms with E-state index in [9.17, 15) is 9.18 Å². The van der Waals surface area contributed by atoms with Gasteiger partial charge < -0.3 is 10.2 Å². The van der Waals surface area contributed by atoms with Crippen molar-refractivity contribution in [1.29, 1.82) is 0 Å². The topological polar surface area (TPSA) is 38.8 Å². The Hall–Kier alpha value is -2.44. The second-order valence-corrected chi connectivity index (χ2v) is 8.41. The van der Waals surface area contributed by atoms with E-state index in [1.54, 1.807) is 0 Å². The first-order valence-corrected chi connectivity index (χ1v) is 11.3. The Morgan fingerprint density at radius 3 is 2.26 bits per heavy atom.